The van der Waals surface area contributed by atoms with E-state index in [-0.39, 0.29) is 22.5 Å². The van der Waals surface area contributed by atoms with Gasteiger partial charge >= 0.3 is 0 Å². The number of rotatable bonds is 4. The highest BCUT2D eigenvalue weighted by Crippen LogP contribution is 2.24. The molecule has 3 rings (SSSR count). The summed E-state index contributed by atoms with van der Waals surface area (Å²) in [6, 6.07) is 18.0. The zero-order valence-electron chi connectivity index (χ0n) is 13.7. The molecule has 0 bridgehead atoms. The SMILES string of the molecule is O=C(N/C(C(=O)N1CCCC1)=C(/Cl)c1ccccc1)c1ccccc1. The minimum atomic E-state index is -0.350. The van der Waals surface area contributed by atoms with Gasteiger partial charge in [-0.3, -0.25) is 9.59 Å². The summed E-state index contributed by atoms with van der Waals surface area (Å²) < 4.78 is 0. The van der Waals surface area contributed by atoms with Crippen LogP contribution in [0, 0.1) is 0 Å². The minimum Gasteiger partial charge on any atom is -0.337 e. The summed E-state index contributed by atoms with van der Waals surface area (Å²) in [5.74, 6) is -0.590. The van der Waals surface area contributed by atoms with Crippen molar-refractivity contribution in [2.75, 3.05) is 13.1 Å². The Morgan fingerprint density at radius 2 is 1.36 bits per heavy atom. The summed E-state index contributed by atoms with van der Waals surface area (Å²) in [5, 5.41) is 2.98. The van der Waals surface area contributed by atoms with Crippen molar-refractivity contribution >= 4 is 28.4 Å². The average molecular weight is 355 g/mol. The minimum absolute atomic E-state index is 0.128. The predicted molar refractivity (Wildman–Crippen MR) is 98.9 cm³/mol. The van der Waals surface area contributed by atoms with Crippen molar-refractivity contribution in [1.82, 2.24) is 10.2 Å². The highest BCUT2D eigenvalue weighted by Gasteiger charge is 2.26. The smallest absolute Gasteiger partial charge is 0.271 e. The van der Waals surface area contributed by atoms with E-state index in [9.17, 15) is 9.59 Å². The lowest BCUT2D eigenvalue weighted by Gasteiger charge is -2.19. The molecule has 2 aromatic carbocycles. The lowest BCUT2D eigenvalue weighted by Crippen LogP contribution is -2.37. The van der Waals surface area contributed by atoms with Crippen molar-refractivity contribution in [2.45, 2.75) is 12.8 Å². The summed E-state index contributed by atoms with van der Waals surface area (Å²) in [5.41, 5.74) is 1.30. The summed E-state index contributed by atoms with van der Waals surface area (Å²) in [4.78, 5) is 27.2. The molecule has 5 heteroatoms. The highest BCUT2D eigenvalue weighted by molar-refractivity contribution is 6.51. The molecule has 25 heavy (non-hydrogen) atoms. The molecule has 128 valence electrons. The molecule has 0 saturated carbocycles. The fourth-order valence-electron chi connectivity index (χ4n) is 2.78. The third-order valence-electron chi connectivity index (χ3n) is 4.13. The Kier molecular flexibility index (Phi) is 5.51. The van der Waals surface area contributed by atoms with E-state index in [0.717, 1.165) is 12.8 Å². The fraction of sp³-hybridized carbons (Fsp3) is 0.200. The standard InChI is InChI=1S/C20H19ClN2O2/c21-17(15-9-3-1-4-10-15)18(20(25)23-13-7-8-14-23)22-19(24)16-11-5-2-6-12-16/h1-6,9-12H,7-8,13-14H2,(H,22,24)/b18-17+. The molecule has 0 aromatic heterocycles. The number of carbonyl (C=O) groups is 2. The first-order valence-corrected chi connectivity index (χ1v) is 8.65. The molecular formula is C20H19ClN2O2. The Morgan fingerprint density at radius 3 is 1.92 bits per heavy atom. The normalized spacial score (nSPS) is 14.8. The van der Waals surface area contributed by atoms with Crippen LogP contribution in [0.3, 0.4) is 0 Å². The van der Waals surface area contributed by atoms with Crippen molar-refractivity contribution < 1.29 is 9.59 Å². The zero-order valence-corrected chi connectivity index (χ0v) is 14.5. The monoisotopic (exact) mass is 354 g/mol. The molecule has 0 aliphatic carbocycles. The molecule has 1 N–H and O–H groups in total. The molecule has 1 heterocycles. The van der Waals surface area contributed by atoms with Crippen LogP contribution < -0.4 is 5.32 Å². The number of benzene rings is 2. The van der Waals surface area contributed by atoms with Crippen molar-refractivity contribution in [1.29, 1.82) is 0 Å². The lowest BCUT2D eigenvalue weighted by atomic mass is 10.1. The first-order chi connectivity index (χ1) is 12.2. The Labute approximate surface area is 152 Å². The second-order valence-corrected chi connectivity index (χ2v) is 6.25. The molecule has 2 aromatic rings. The van der Waals surface area contributed by atoms with E-state index >= 15 is 0 Å². The van der Waals surface area contributed by atoms with Crippen molar-refractivity contribution in [2.24, 2.45) is 0 Å². The first kappa shape index (κ1) is 17.2. The molecule has 0 spiro atoms. The fourth-order valence-corrected chi connectivity index (χ4v) is 3.04. The van der Waals surface area contributed by atoms with Crippen LogP contribution in [0.1, 0.15) is 28.8 Å². The van der Waals surface area contributed by atoms with Gasteiger partial charge in [0.15, 0.2) is 0 Å². The van der Waals surface area contributed by atoms with Crippen LogP contribution >= 0.6 is 11.6 Å². The van der Waals surface area contributed by atoms with Crippen molar-refractivity contribution in [3.63, 3.8) is 0 Å². The van der Waals surface area contributed by atoms with Gasteiger partial charge in [-0.15, -0.1) is 0 Å². The number of amides is 2. The molecule has 1 aliphatic heterocycles. The number of nitrogens with one attached hydrogen (secondary N) is 1. The van der Waals surface area contributed by atoms with E-state index in [4.69, 9.17) is 11.6 Å². The maximum Gasteiger partial charge on any atom is 0.271 e. The lowest BCUT2D eigenvalue weighted by molar-refractivity contribution is -0.126. The van der Waals surface area contributed by atoms with Gasteiger partial charge in [0.25, 0.3) is 11.8 Å². The van der Waals surface area contributed by atoms with Gasteiger partial charge < -0.3 is 10.2 Å². The molecular weight excluding hydrogens is 336 g/mol. The van der Waals surface area contributed by atoms with E-state index in [2.05, 4.69) is 5.32 Å². The summed E-state index contributed by atoms with van der Waals surface area (Å²) in [6.45, 7) is 1.37. The maximum atomic E-state index is 12.9. The molecule has 0 unspecified atom stereocenters. The molecule has 4 nitrogen and oxygen atoms in total. The Balaban J connectivity index is 1.94. The Bertz CT molecular complexity index is 782. The third kappa shape index (κ3) is 4.09. The second-order valence-electron chi connectivity index (χ2n) is 5.87. The van der Waals surface area contributed by atoms with Crippen LogP contribution in [0.5, 0.6) is 0 Å². The van der Waals surface area contributed by atoms with E-state index < -0.39 is 0 Å². The van der Waals surface area contributed by atoms with E-state index in [1.807, 2.05) is 36.4 Å². The number of carbonyl (C=O) groups excluding carboxylic acids is 2. The van der Waals surface area contributed by atoms with E-state index in [0.29, 0.717) is 24.2 Å². The molecule has 1 saturated heterocycles. The summed E-state index contributed by atoms with van der Waals surface area (Å²) in [7, 11) is 0. The molecule has 2 amide bonds. The second kappa shape index (κ2) is 7.99. The third-order valence-corrected chi connectivity index (χ3v) is 4.54. The summed E-state index contributed by atoms with van der Waals surface area (Å²) >= 11 is 6.49. The van der Waals surface area contributed by atoms with Crippen LogP contribution in [-0.2, 0) is 4.79 Å². The quantitative estimate of drug-likeness (QED) is 0.852. The Hall–Kier alpha value is -2.59. The van der Waals surface area contributed by atoms with Crippen LogP contribution in [0.2, 0.25) is 0 Å². The van der Waals surface area contributed by atoms with Gasteiger partial charge in [-0.25, -0.2) is 0 Å². The van der Waals surface area contributed by atoms with Gasteiger partial charge in [0.05, 0.1) is 5.03 Å². The number of nitrogens with zero attached hydrogens (tertiary/aromatic N) is 1. The van der Waals surface area contributed by atoms with Crippen molar-refractivity contribution in [3.05, 3.63) is 77.5 Å². The van der Waals surface area contributed by atoms with Crippen LogP contribution in [-0.4, -0.2) is 29.8 Å². The number of hydrogen-bond donors (Lipinski definition) is 1. The van der Waals surface area contributed by atoms with E-state index in [1.54, 1.807) is 29.2 Å². The molecule has 0 atom stereocenters. The Morgan fingerprint density at radius 1 is 0.840 bits per heavy atom. The first-order valence-electron chi connectivity index (χ1n) is 8.27. The van der Waals surface area contributed by atoms with Crippen LogP contribution in [0.4, 0.5) is 0 Å². The predicted octanol–water partition coefficient (Wildman–Crippen LogP) is 3.65. The number of hydrogen-bond acceptors (Lipinski definition) is 2. The van der Waals surface area contributed by atoms with Crippen LogP contribution in [0.25, 0.3) is 5.03 Å². The number of likely N-dealkylation sites (tertiary alicyclic amines) is 1. The number of halogens is 1. The highest BCUT2D eigenvalue weighted by atomic mass is 35.5. The van der Waals surface area contributed by atoms with Gasteiger partial charge in [-0.1, -0.05) is 60.1 Å². The molecule has 1 aliphatic rings. The maximum absolute atomic E-state index is 12.9. The van der Waals surface area contributed by atoms with Gasteiger partial charge in [-0.05, 0) is 30.5 Å². The van der Waals surface area contributed by atoms with Gasteiger partial charge in [0, 0.05) is 18.7 Å². The summed E-state index contributed by atoms with van der Waals surface area (Å²) in [6.07, 6.45) is 1.93. The van der Waals surface area contributed by atoms with Gasteiger partial charge in [0.2, 0.25) is 0 Å². The van der Waals surface area contributed by atoms with Crippen LogP contribution in [0.15, 0.2) is 66.4 Å². The van der Waals surface area contributed by atoms with Crippen molar-refractivity contribution in [3.8, 4) is 0 Å². The topological polar surface area (TPSA) is 49.4 Å². The van der Waals surface area contributed by atoms with E-state index in [1.165, 1.54) is 0 Å². The average Bonchev–Trinajstić information content (AvgIpc) is 3.21. The molecule has 0 radical (unpaired) electrons. The van der Waals surface area contributed by atoms with Gasteiger partial charge in [0.1, 0.15) is 5.70 Å². The largest absolute Gasteiger partial charge is 0.337 e. The molecule has 1 fully saturated rings. The van der Waals surface area contributed by atoms with Gasteiger partial charge in [-0.2, -0.15) is 0 Å². The zero-order chi connectivity index (χ0) is 17.6.